The number of halogens is 1. The third kappa shape index (κ3) is 5.64. The largest absolute Gasteiger partial charge is 0.459 e. The average molecular weight is 577 g/mol. The summed E-state index contributed by atoms with van der Waals surface area (Å²) in [5.74, 6) is 0.521. The van der Waals surface area contributed by atoms with Crippen LogP contribution in [0.25, 0.3) is 22.0 Å². The van der Waals surface area contributed by atoms with Gasteiger partial charge < -0.3 is 19.1 Å². The van der Waals surface area contributed by atoms with E-state index in [1.807, 2.05) is 24.9 Å². The number of aromatic nitrogens is 2. The molecule has 9 heteroatoms. The summed E-state index contributed by atoms with van der Waals surface area (Å²) < 4.78 is 32.9. The zero-order valence-corrected chi connectivity index (χ0v) is 25.0. The molecule has 0 unspecified atom stereocenters. The second-order valence-corrected chi connectivity index (χ2v) is 12.3. The molecule has 0 spiro atoms. The molecule has 1 aromatic heterocycles. The van der Waals surface area contributed by atoms with E-state index >= 15 is 0 Å². The van der Waals surface area contributed by atoms with E-state index < -0.39 is 5.82 Å². The predicted octanol–water partition coefficient (Wildman–Crippen LogP) is 5.36. The molecule has 3 aliphatic rings. The van der Waals surface area contributed by atoms with Crippen molar-refractivity contribution in [3.8, 4) is 11.1 Å². The van der Waals surface area contributed by atoms with Crippen LogP contribution in [0, 0.1) is 17.7 Å². The Morgan fingerprint density at radius 2 is 1.88 bits per heavy atom. The molecular formula is C33H41FN4O4. The standard InChI is InChI=1S/C33H41FN4O4/c1-21(2)30(9-10-31-41-13-14-42-31)37-18-23(19-37)15-24-5-7-27(29-17-35-36(4)32(24)29)26-8-6-25(34)16-28(26)33(39)38-11-12-40-20-22(38)3/h5-8,13-14,16-17,21-23,30-31H,9-12,15,18-20H2,1-4H3/t22-,30-/m1/s1. The SMILES string of the molecule is CC(C)[C@@H](CCC1OC=CO1)N1CC(Cc2ccc(-c3ccc(F)cc3C(=O)N3CCOC[C@H]3C)c3cnn(C)c23)C1. The summed E-state index contributed by atoms with van der Waals surface area (Å²) in [6.07, 6.45) is 7.83. The molecule has 2 atom stereocenters. The monoisotopic (exact) mass is 576 g/mol. The van der Waals surface area contributed by atoms with Crippen LogP contribution in [0.4, 0.5) is 4.39 Å². The number of amides is 1. The maximum Gasteiger partial charge on any atom is 0.254 e. The number of ether oxygens (including phenoxy) is 3. The molecule has 8 nitrogen and oxygen atoms in total. The first-order valence-electron chi connectivity index (χ1n) is 15.1. The fourth-order valence-electron chi connectivity index (χ4n) is 6.85. The van der Waals surface area contributed by atoms with Gasteiger partial charge in [-0.1, -0.05) is 32.0 Å². The van der Waals surface area contributed by atoms with Crippen LogP contribution in [0.3, 0.4) is 0 Å². The van der Waals surface area contributed by atoms with Gasteiger partial charge in [-0.05, 0) is 60.4 Å². The van der Waals surface area contributed by atoms with E-state index in [0.717, 1.165) is 54.4 Å². The maximum absolute atomic E-state index is 14.5. The van der Waals surface area contributed by atoms with Crippen molar-refractivity contribution in [1.29, 1.82) is 0 Å². The number of hydrogen-bond acceptors (Lipinski definition) is 6. The molecule has 3 aliphatic heterocycles. The molecule has 0 saturated carbocycles. The first-order valence-corrected chi connectivity index (χ1v) is 15.1. The molecule has 3 aromatic rings. The number of fused-ring (bicyclic) bond motifs is 1. The van der Waals surface area contributed by atoms with Crippen LogP contribution in [-0.4, -0.2) is 76.7 Å². The van der Waals surface area contributed by atoms with Gasteiger partial charge in [0.2, 0.25) is 6.29 Å². The Hall–Kier alpha value is -3.43. The highest BCUT2D eigenvalue weighted by Gasteiger charge is 2.35. The highest BCUT2D eigenvalue weighted by molar-refractivity contribution is 6.06. The van der Waals surface area contributed by atoms with Crippen LogP contribution >= 0.6 is 0 Å². The van der Waals surface area contributed by atoms with Gasteiger partial charge in [0.1, 0.15) is 18.3 Å². The lowest BCUT2D eigenvalue weighted by molar-refractivity contribution is -0.0432. The summed E-state index contributed by atoms with van der Waals surface area (Å²) in [4.78, 5) is 18.1. The number of benzene rings is 2. The summed E-state index contributed by atoms with van der Waals surface area (Å²) in [6.45, 7) is 10.1. The van der Waals surface area contributed by atoms with Gasteiger partial charge in [0.15, 0.2) is 0 Å². The van der Waals surface area contributed by atoms with E-state index in [0.29, 0.717) is 43.2 Å². The van der Waals surface area contributed by atoms with Crippen molar-refractivity contribution in [2.24, 2.45) is 18.9 Å². The van der Waals surface area contributed by atoms with Crippen LogP contribution in [0.5, 0.6) is 0 Å². The average Bonchev–Trinajstić information content (AvgIpc) is 3.62. The highest BCUT2D eigenvalue weighted by atomic mass is 19.1. The molecule has 2 fully saturated rings. The van der Waals surface area contributed by atoms with Crippen molar-refractivity contribution in [2.75, 3.05) is 32.8 Å². The van der Waals surface area contributed by atoms with Gasteiger partial charge >= 0.3 is 0 Å². The van der Waals surface area contributed by atoms with Gasteiger partial charge in [-0.15, -0.1) is 0 Å². The Balaban J connectivity index is 1.21. The third-order valence-electron chi connectivity index (χ3n) is 9.06. The van der Waals surface area contributed by atoms with Gasteiger partial charge in [0.05, 0.1) is 36.5 Å². The van der Waals surface area contributed by atoms with Crippen LogP contribution < -0.4 is 0 Å². The van der Waals surface area contributed by atoms with Crippen molar-refractivity contribution < 1.29 is 23.4 Å². The number of morpholine rings is 1. The summed E-state index contributed by atoms with van der Waals surface area (Å²) in [6, 6.07) is 9.20. The van der Waals surface area contributed by atoms with Gasteiger partial charge in [0.25, 0.3) is 5.91 Å². The highest BCUT2D eigenvalue weighted by Crippen LogP contribution is 2.36. The molecule has 1 amide bonds. The predicted molar refractivity (Wildman–Crippen MR) is 159 cm³/mol. The molecule has 42 heavy (non-hydrogen) atoms. The summed E-state index contributed by atoms with van der Waals surface area (Å²) in [5, 5.41) is 5.59. The zero-order chi connectivity index (χ0) is 29.4. The number of hydrogen-bond donors (Lipinski definition) is 0. The second kappa shape index (κ2) is 12.1. The van der Waals surface area contributed by atoms with Crippen molar-refractivity contribution in [2.45, 2.75) is 58.4 Å². The Morgan fingerprint density at radius 3 is 2.62 bits per heavy atom. The van der Waals surface area contributed by atoms with Crippen LogP contribution in [0.15, 0.2) is 49.1 Å². The molecule has 0 bridgehead atoms. The smallest absolute Gasteiger partial charge is 0.254 e. The summed E-state index contributed by atoms with van der Waals surface area (Å²) >= 11 is 0. The molecule has 4 heterocycles. The van der Waals surface area contributed by atoms with E-state index in [1.54, 1.807) is 23.5 Å². The maximum atomic E-state index is 14.5. The lowest BCUT2D eigenvalue weighted by Gasteiger charge is -2.46. The van der Waals surface area contributed by atoms with Crippen molar-refractivity contribution in [1.82, 2.24) is 19.6 Å². The number of aryl methyl sites for hydroxylation is 1. The molecule has 6 rings (SSSR count). The van der Waals surface area contributed by atoms with Crippen molar-refractivity contribution in [3.05, 3.63) is 66.0 Å². The second-order valence-electron chi connectivity index (χ2n) is 12.3. The van der Waals surface area contributed by atoms with Gasteiger partial charge in [-0.3, -0.25) is 14.4 Å². The normalized spacial score (nSPS) is 20.6. The van der Waals surface area contributed by atoms with Crippen molar-refractivity contribution >= 4 is 16.8 Å². The number of carbonyl (C=O) groups is 1. The molecule has 2 saturated heterocycles. The third-order valence-corrected chi connectivity index (χ3v) is 9.06. The topological polar surface area (TPSA) is 69.1 Å². The Labute approximate surface area is 247 Å². The summed E-state index contributed by atoms with van der Waals surface area (Å²) in [7, 11) is 1.96. The first kappa shape index (κ1) is 28.7. The van der Waals surface area contributed by atoms with E-state index in [4.69, 9.17) is 14.2 Å². The minimum absolute atomic E-state index is 0.0677. The number of rotatable bonds is 9. The minimum Gasteiger partial charge on any atom is -0.459 e. The van der Waals surface area contributed by atoms with E-state index in [9.17, 15) is 9.18 Å². The quantitative estimate of drug-likeness (QED) is 0.342. The van der Waals surface area contributed by atoms with Crippen molar-refractivity contribution in [3.63, 3.8) is 0 Å². The van der Waals surface area contributed by atoms with Crippen LogP contribution in [-0.2, 0) is 27.7 Å². The number of likely N-dealkylation sites (tertiary alicyclic amines) is 1. The lowest BCUT2D eigenvalue weighted by atomic mass is 9.85. The molecular weight excluding hydrogens is 535 g/mol. The zero-order valence-electron chi connectivity index (χ0n) is 25.0. The Kier molecular flexibility index (Phi) is 8.23. The van der Waals surface area contributed by atoms with Crippen LogP contribution in [0.2, 0.25) is 0 Å². The fourth-order valence-corrected chi connectivity index (χ4v) is 6.85. The molecule has 0 N–H and O–H groups in total. The van der Waals surface area contributed by atoms with Gasteiger partial charge in [-0.25, -0.2) is 4.39 Å². The fraction of sp³-hybridized carbons (Fsp3) is 0.515. The van der Waals surface area contributed by atoms with Gasteiger partial charge in [-0.2, -0.15) is 5.10 Å². The first-order chi connectivity index (χ1) is 20.3. The molecule has 0 radical (unpaired) electrons. The Bertz CT molecular complexity index is 1460. The number of carbonyl (C=O) groups excluding carboxylic acids is 1. The van der Waals surface area contributed by atoms with E-state index in [-0.39, 0.29) is 18.2 Å². The molecule has 2 aromatic carbocycles. The van der Waals surface area contributed by atoms with E-state index in [2.05, 4.69) is 36.0 Å². The van der Waals surface area contributed by atoms with Crippen LogP contribution in [0.1, 0.15) is 49.5 Å². The summed E-state index contributed by atoms with van der Waals surface area (Å²) in [5.41, 5.74) is 4.31. The molecule has 224 valence electrons. The minimum atomic E-state index is -0.420. The molecule has 0 aliphatic carbocycles. The lowest BCUT2D eigenvalue weighted by Crippen LogP contribution is -2.54. The Morgan fingerprint density at radius 1 is 1.12 bits per heavy atom. The number of nitrogens with zero attached hydrogens (tertiary/aromatic N) is 4. The van der Waals surface area contributed by atoms with E-state index in [1.165, 1.54) is 17.7 Å². The van der Waals surface area contributed by atoms with Gasteiger partial charge in [0, 0.05) is 44.5 Å².